The third-order valence-corrected chi connectivity index (χ3v) is 4.12. The molecule has 10 nitrogen and oxygen atoms in total. The minimum absolute atomic E-state index is 0.0182. The normalized spacial score (nSPS) is 13.1. The second-order valence-corrected chi connectivity index (χ2v) is 6.13. The molecule has 0 amide bonds. The van der Waals surface area contributed by atoms with Crippen LogP contribution in [0.25, 0.3) is 0 Å². The maximum Gasteiger partial charge on any atom is 0.271 e. The molecular formula is C19H18N6O4. The van der Waals surface area contributed by atoms with Crippen LogP contribution in [0.3, 0.4) is 0 Å². The van der Waals surface area contributed by atoms with Crippen LogP contribution < -0.4 is 0 Å². The van der Waals surface area contributed by atoms with Gasteiger partial charge in [0.2, 0.25) is 0 Å². The Hall–Kier alpha value is -3.70. The zero-order chi connectivity index (χ0) is 21.6. The number of rotatable bonds is 7. The molecule has 0 spiro atoms. The summed E-state index contributed by atoms with van der Waals surface area (Å²) in [5, 5.41) is 57.4. The van der Waals surface area contributed by atoms with Crippen LogP contribution in [0, 0.1) is 32.8 Å². The van der Waals surface area contributed by atoms with Crippen molar-refractivity contribution in [2.45, 2.75) is 32.8 Å². The van der Waals surface area contributed by atoms with Gasteiger partial charge >= 0.3 is 0 Å². The van der Waals surface area contributed by atoms with Gasteiger partial charge in [0.1, 0.15) is 30.3 Å². The van der Waals surface area contributed by atoms with E-state index >= 15 is 0 Å². The molecular weight excluding hydrogens is 376 g/mol. The summed E-state index contributed by atoms with van der Waals surface area (Å²) in [4.78, 5) is 11.6. The Bertz CT molecular complexity index is 1010. The van der Waals surface area contributed by atoms with E-state index in [-0.39, 0.29) is 34.7 Å². The van der Waals surface area contributed by atoms with E-state index in [4.69, 9.17) is 0 Å². The third kappa shape index (κ3) is 5.18. The number of azo groups is 1. The smallest absolute Gasteiger partial charge is 0.271 e. The Morgan fingerprint density at radius 3 is 2.31 bits per heavy atom. The summed E-state index contributed by atoms with van der Waals surface area (Å²) in [5.41, 5.74) is 0.663. The predicted molar refractivity (Wildman–Crippen MR) is 102 cm³/mol. The number of nitriles is 2. The first kappa shape index (κ1) is 21.6. The summed E-state index contributed by atoms with van der Waals surface area (Å²) in [6, 6.07) is 12.5. The summed E-state index contributed by atoms with van der Waals surface area (Å²) >= 11 is 0. The Kier molecular flexibility index (Phi) is 7.06. The standard InChI is InChI=1S/C19H18N6O4/c1-12(26)24(13(2)27)11-14-6-7-19(18(10-21)17(14)9-20)23-22-15-4-3-5-16(8-15)25(28)29/h3-8,12-13,26-27H,11H2,1-2H3. The first-order chi connectivity index (χ1) is 13.8. The number of hydrogen-bond donors (Lipinski definition) is 2. The molecule has 2 aromatic rings. The molecule has 0 aliphatic carbocycles. The second-order valence-electron chi connectivity index (χ2n) is 6.13. The van der Waals surface area contributed by atoms with Gasteiger partial charge in [0.25, 0.3) is 5.69 Å². The molecule has 2 N–H and O–H groups in total. The molecule has 0 saturated carbocycles. The Morgan fingerprint density at radius 1 is 1.10 bits per heavy atom. The van der Waals surface area contributed by atoms with Crippen LogP contribution >= 0.6 is 0 Å². The van der Waals surface area contributed by atoms with E-state index < -0.39 is 17.4 Å². The average molecular weight is 394 g/mol. The molecule has 0 aliphatic heterocycles. The number of nitro groups is 1. The topological polar surface area (TPSA) is 159 Å². The molecule has 10 heteroatoms. The van der Waals surface area contributed by atoms with Gasteiger partial charge in [-0.2, -0.15) is 15.6 Å². The lowest BCUT2D eigenvalue weighted by atomic mass is 10.0. The fourth-order valence-electron chi connectivity index (χ4n) is 2.64. The highest BCUT2D eigenvalue weighted by atomic mass is 16.6. The number of non-ortho nitro benzene ring substituents is 1. The van der Waals surface area contributed by atoms with Crippen molar-refractivity contribution in [2.75, 3.05) is 0 Å². The van der Waals surface area contributed by atoms with Crippen molar-refractivity contribution < 1.29 is 15.1 Å². The number of nitro benzene ring substituents is 1. The molecule has 0 saturated heterocycles. The van der Waals surface area contributed by atoms with E-state index in [0.717, 1.165) is 0 Å². The van der Waals surface area contributed by atoms with Crippen LogP contribution in [0.4, 0.5) is 17.1 Å². The van der Waals surface area contributed by atoms with Crippen molar-refractivity contribution >= 4 is 17.1 Å². The van der Waals surface area contributed by atoms with Gasteiger partial charge in [-0.1, -0.05) is 12.1 Å². The van der Waals surface area contributed by atoms with Crippen LogP contribution in [0.1, 0.15) is 30.5 Å². The number of aliphatic hydroxyl groups is 2. The molecule has 2 aromatic carbocycles. The molecule has 148 valence electrons. The minimum Gasteiger partial charge on any atom is -0.379 e. The van der Waals surface area contributed by atoms with E-state index in [0.29, 0.717) is 5.56 Å². The lowest BCUT2D eigenvalue weighted by molar-refractivity contribution is -0.384. The van der Waals surface area contributed by atoms with Crippen molar-refractivity contribution in [2.24, 2.45) is 10.2 Å². The van der Waals surface area contributed by atoms with Crippen LogP contribution in [0.15, 0.2) is 46.6 Å². The predicted octanol–water partition coefficient (Wildman–Crippen LogP) is 3.23. The molecule has 0 radical (unpaired) electrons. The van der Waals surface area contributed by atoms with Gasteiger partial charge in [-0.25, -0.2) is 4.90 Å². The molecule has 0 aliphatic rings. The number of nitrogens with zero attached hydrogens (tertiary/aromatic N) is 6. The van der Waals surface area contributed by atoms with E-state index in [9.17, 15) is 30.9 Å². The second kappa shape index (κ2) is 9.48. The highest BCUT2D eigenvalue weighted by Gasteiger charge is 2.21. The van der Waals surface area contributed by atoms with Gasteiger partial charge in [-0.05, 0) is 31.5 Å². The fraction of sp³-hybridized carbons (Fsp3) is 0.263. The third-order valence-electron chi connectivity index (χ3n) is 4.12. The SMILES string of the molecule is CC(O)N(Cc1ccc(N=Nc2cccc([N+](=O)[O-])c2)c(C#N)c1C#N)C(C)O. The summed E-state index contributed by atoms with van der Waals surface area (Å²) < 4.78 is 0. The number of hydrogen-bond acceptors (Lipinski definition) is 9. The zero-order valence-electron chi connectivity index (χ0n) is 15.7. The van der Waals surface area contributed by atoms with Crippen molar-refractivity contribution in [3.05, 3.63) is 63.2 Å². The molecule has 0 fully saturated rings. The van der Waals surface area contributed by atoms with Crippen molar-refractivity contribution in [3.63, 3.8) is 0 Å². The monoisotopic (exact) mass is 394 g/mol. The Balaban J connectivity index is 2.43. The maximum absolute atomic E-state index is 10.8. The van der Waals surface area contributed by atoms with Gasteiger partial charge in [0, 0.05) is 18.7 Å². The summed E-state index contributed by atoms with van der Waals surface area (Å²) in [7, 11) is 0. The van der Waals surface area contributed by atoms with Crippen LogP contribution in [0.5, 0.6) is 0 Å². The van der Waals surface area contributed by atoms with E-state index in [2.05, 4.69) is 10.2 Å². The van der Waals surface area contributed by atoms with Gasteiger partial charge < -0.3 is 10.2 Å². The molecule has 2 unspecified atom stereocenters. The fourth-order valence-corrected chi connectivity index (χ4v) is 2.64. The minimum atomic E-state index is -0.972. The molecule has 0 bridgehead atoms. The van der Waals surface area contributed by atoms with Crippen LogP contribution in [0.2, 0.25) is 0 Å². The molecule has 2 atom stereocenters. The van der Waals surface area contributed by atoms with Gasteiger partial charge in [-0.15, -0.1) is 5.11 Å². The lowest BCUT2D eigenvalue weighted by Crippen LogP contribution is -2.39. The highest BCUT2D eigenvalue weighted by molar-refractivity contribution is 5.63. The number of aliphatic hydroxyl groups excluding tert-OH is 2. The summed E-state index contributed by atoms with van der Waals surface area (Å²) in [6.07, 6.45) is -1.94. The van der Waals surface area contributed by atoms with Crippen LogP contribution in [-0.2, 0) is 6.54 Å². The van der Waals surface area contributed by atoms with E-state index in [1.54, 1.807) is 6.07 Å². The number of benzene rings is 2. The summed E-state index contributed by atoms with van der Waals surface area (Å²) in [5.74, 6) is 0. The van der Waals surface area contributed by atoms with Gasteiger partial charge in [0.05, 0.1) is 21.7 Å². The van der Waals surface area contributed by atoms with Gasteiger partial charge in [-0.3, -0.25) is 10.1 Å². The Morgan fingerprint density at radius 2 is 1.76 bits per heavy atom. The first-order valence-electron chi connectivity index (χ1n) is 8.52. The van der Waals surface area contributed by atoms with Gasteiger partial charge in [0.15, 0.2) is 0 Å². The molecule has 0 heterocycles. The zero-order valence-corrected chi connectivity index (χ0v) is 15.7. The quantitative estimate of drug-likeness (QED) is 0.315. The first-order valence-corrected chi connectivity index (χ1v) is 8.52. The molecule has 29 heavy (non-hydrogen) atoms. The Labute approximate surface area is 166 Å². The largest absolute Gasteiger partial charge is 0.379 e. The van der Waals surface area contributed by atoms with E-state index in [1.165, 1.54) is 49.1 Å². The lowest BCUT2D eigenvalue weighted by Gasteiger charge is -2.28. The van der Waals surface area contributed by atoms with Crippen molar-refractivity contribution in [3.8, 4) is 12.1 Å². The summed E-state index contributed by atoms with van der Waals surface area (Å²) in [6.45, 7) is 2.99. The van der Waals surface area contributed by atoms with Crippen molar-refractivity contribution in [1.29, 1.82) is 10.5 Å². The van der Waals surface area contributed by atoms with Crippen molar-refractivity contribution in [1.82, 2.24) is 4.90 Å². The molecule has 0 aromatic heterocycles. The average Bonchev–Trinajstić information content (AvgIpc) is 2.69. The highest BCUT2D eigenvalue weighted by Crippen LogP contribution is 2.29. The van der Waals surface area contributed by atoms with Crippen LogP contribution in [-0.4, -0.2) is 32.5 Å². The molecule has 2 rings (SSSR count). The van der Waals surface area contributed by atoms with E-state index in [1.807, 2.05) is 12.1 Å². The maximum atomic E-state index is 10.8.